The molecule has 0 heterocycles. The largest absolute Gasteiger partial charge is 0.389 e. The number of carbonyl (C=O) groups is 1. The van der Waals surface area contributed by atoms with Gasteiger partial charge in [0, 0.05) is 14.2 Å². The van der Waals surface area contributed by atoms with Crippen LogP contribution in [0.25, 0.3) is 0 Å². The number of hydrogen-bond acceptors (Lipinski definition) is 4. The maximum atomic E-state index is 12.5. The molecule has 0 aromatic carbocycles. The number of carbonyl (C=O) groups excluding carboxylic acids is 1. The van der Waals surface area contributed by atoms with Gasteiger partial charge in [0.15, 0.2) is 0 Å². The van der Waals surface area contributed by atoms with E-state index in [0.29, 0.717) is 12.8 Å². The van der Waals surface area contributed by atoms with Crippen LogP contribution >= 0.6 is 0 Å². The van der Waals surface area contributed by atoms with Gasteiger partial charge in [-0.15, -0.1) is 0 Å². The van der Waals surface area contributed by atoms with Gasteiger partial charge in [-0.3, -0.25) is 4.79 Å². The summed E-state index contributed by atoms with van der Waals surface area (Å²) in [6, 6.07) is -0.205. The summed E-state index contributed by atoms with van der Waals surface area (Å²) in [5.41, 5.74) is -0.843. The smallest absolute Gasteiger partial charge is 0.225 e. The first-order chi connectivity index (χ1) is 9.97. The van der Waals surface area contributed by atoms with Gasteiger partial charge in [-0.05, 0) is 32.1 Å². The molecule has 2 rings (SSSR count). The predicted molar refractivity (Wildman–Crippen MR) is 79.9 cm³/mol. The van der Waals surface area contributed by atoms with E-state index in [1.165, 1.54) is 0 Å². The molecule has 5 nitrogen and oxygen atoms in total. The van der Waals surface area contributed by atoms with E-state index in [1.807, 2.05) is 0 Å². The van der Waals surface area contributed by atoms with Crippen molar-refractivity contribution in [3.8, 4) is 0 Å². The first-order valence-electron chi connectivity index (χ1n) is 8.16. The van der Waals surface area contributed by atoms with Crippen LogP contribution < -0.4 is 0 Å². The van der Waals surface area contributed by atoms with Crippen LogP contribution in [-0.2, 0) is 9.53 Å². The topological polar surface area (TPSA) is 70.0 Å². The Bertz CT molecular complexity index is 354. The van der Waals surface area contributed by atoms with Crippen molar-refractivity contribution in [1.29, 1.82) is 0 Å². The molecule has 2 saturated carbocycles. The molecule has 2 N–H and O–H groups in total. The lowest BCUT2D eigenvalue weighted by atomic mass is 9.81. The van der Waals surface area contributed by atoms with Crippen LogP contribution in [0.5, 0.6) is 0 Å². The molecular weight excluding hydrogens is 270 g/mol. The minimum Gasteiger partial charge on any atom is -0.389 e. The van der Waals surface area contributed by atoms with Gasteiger partial charge >= 0.3 is 0 Å². The first kappa shape index (κ1) is 16.7. The highest BCUT2D eigenvalue weighted by Crippen LogP contribution is 2.32. The first-order valence-corrected chi connectivity index (χ1v) is 8.16. The number of aliphatic hydroxyl groups is 2. The van der Waals surface area contributed by atoms with Gasteiger partial charge in [0.2, 0.25) is 5.91 Å². The number of likely N-dealkylation sites (N-methyl/N-ethyl adjacent to an activating group) is 1. The quantitative estimate of drug-likeness (QED) is 0.824. The third kappa shape index (κ3) is 3.96. The highest BCUT2D eigenvalue weighted by atomic mass is 16.5. The summed E-state index contributed by atoms with van der Waals surface area (Å²) in [5, 5.41) is 20.9. The number of amides is 1. The second kappa shape index (κ2) is 7.07. The van der Waals surface area contributed by atoms with Gasteiger partial charge < -0.3 is 19.8 Å². The van der Waals surface area contributed by atoms with Crippen molar-refractivity contribution >= 4 is 5.91 Å². The molecule has 0 aliphatic heterocycles. The summed E-state index contributed by atoms with van der Waals surface area (Å²) in [7, 11) is 3.34. The van der Waals surface area contributed by atoms with Crippen molar-refractivity contribution < 1.29 is 19.7 Å². The van der Waals surface area contributed by atoms with Gasteiger partial charge in [-0.25, -0.2) is 0 Å². The van der Waals surface area contributed by atoms with E-state index < -0.39 is 11.7 Å². The van der Waals surface area contributed by atoms with Crippen LogP contribution in [0.15, 0.2) is 0 Å². The maximum Gasteiger partial charge on any atom is 0.225 e. The van der Waals surface area contributed by atoms with E-state index in [4.69, 9.17) is 4.74 Å². The second-order valence-corrected chi connectivity index (χ2v) is 6.73. The van der Waals surface area contributed by atoms with E-state index in [1.54, 1.807) is 19.1 Å². The fraction of sp³-hybridized carbons (Fsp3) is 0.938. The van der Waals surface area contributed by atoms with E-state index in [-0.39, 0.29) is 24.5 Å². The summed E-state index contributed by atoms with van der Waals surface area (Å²) in [5.74, 6) is -0.0693. The lowest BCUT2D eigenvalue weighted by Gasteiger charge is -2.40. The van der Waals surface area contributed by atoms with E-state index in [0.717, 1.165) is 38.5 Å². The Balaban J connectivity index is 1.95. The molecule has 122 valence electrons. The molecule has 0 radical (unpaired) electrons. The minimum atomic E-state index is -0.843. The van der Waals surface area contributed by atoms with Crippen molar-refractivity contribution in [3.05, 3.63) is 0 Å². The summed E-state index contributed by atoms with van der Waals surface area (Å²) in [6.45, 7) is 0. The van der Waals surface area contributed by atoms with E-state index in [2.05, 4.69) is 0 Å². The Kier molecular flexibility index (Phi) is 5.63. The highest BCUT2D eigenvalue weighted by molar-refractivity contribution is 5.77. The molecule has 21 heavy (non-hydrogen) atoms. The molecule has 0 aromatic heterocycles. The van der Waals surface area contributed by atoms with Crippen LogP contribution in [0.3, 0.4) is 0 Å². The molecule has 2 fully saturated rings. The maximum absolute atomic E-state index is 12.5. The summed E-state index contributed by atoms with van der Waals surface area (Å²) in [4.78, 5) is 14.1. The number of aliphatic hydroxyl groups excluding tert-OH is 1. The van der Waals surface area contributed by atoms with Crippen molar-refractivity contribution in [2.75, 3.05) is 14.2 Å². The SMILES string of the molecule is CO[C@@H]1CCC[C@@H](N(C)C(=O)CC2(O)CCCCC2)[C@H]1O. The highest BCUT2D eigenvalue weighted by Gasteiger charge is 2.38. The van der Waals surface area contributed by atoms with E-state index in [9.17, 15) is 15.0 Å². The Morgan fingerprint density at radius 3 is 2.52 bits per heavy atom. The van der Waals surface area contributed by atoms with Crippen LogP contribution in [0.1, 0.15) is 57.8 Å². The Morgan fingerprint density at radius 1 is 1.24 bits per heavy atom. The molecule has 0 bridgehead atoms. The van der Waals surface area contributed by atoms with Gasteiger partial charge in [-0.1, -0.05) is 19.3 Å². The normalized spacial score (nSPS) is 32.7. The number of hydrogen-bond donors (Lipinski definition) is 2. The molecular formula is C16H29NO4. The zero-order chi connectivity index (χ0) is 15.5. The molecule has 3 atom stereocenters. The molecule has 0 aromatic rings. The van der Waals surface area contributed by atoms with Gasteiger partial charge in [0.25, 0.3) is 0 Å². The van der Waals surface area contributed by atoms with Gasteiger partial charge in [0.1, 0.15) is 6.10 Å². The number of methoxy groups -OCH3 is 1. The minimum absolute atomic E-state index is 0.0693. The molecule has 5 heteroatoms. The van der Waals surface area contributed by atoms with E-state index >= 15 is 0 Å². The zero-order valence-corrected chi connectivity index (χ0v) is 13.3. The monoisotopic (exact) mass is 299 g/mol. The zero-order valence-electron chi connectivity index (χ0n) is 13.3. The molecule has 0 saturated heterocycles. The van der Waals surface area contributed by atoms with Crippen molar-refractivity contribution in [2.45, 2.75) is 81.6 Å². The van der Waals surface area contributed by atoms with Crippen molar-refractivity contribution in [2.24, 2.45) is 0 Å². The molecule has 0 spiro atoms. The number of nitrogens with zero attached hydrogens (tertiary/aromatic N) is 1. The number of ether oxygens (including phenoxy) is 1. The third-order valence-corrected chi connectivity index (χ3v) is 5.22. The lowest BCUT2D eigenvalue weighted by Crippen LogP contribution is -2.53. The standard InChI is InChI=1S/C16H29NO4/c1-17(12-7-6-8-13(21-2)15(12)19)14(18)11-16(20)9-4-3-5-10-16/h12-13,15,19-20H,3-11H2,1-2H3/t12-,13-,15-/m1/s1. The van der Waals surface area contributed by atoms with Gasteiger partial charge in [-0.2, -0.15) is 0 Å². The molecule has 0 unspecified atom stereocenters. The Hall–Kier alpha value is -0.650. The van der Waals surface area contributed by atoms with Crippen LogP contribution in [0, 0.1) is 0 Å². The summed E-state index contributed by atoms with van der Waals surface area (Å²) < 4.78 is 5.30. The van der Waals surface area contributed by atoms with Crippen molar-refractivity contribution in [3.63, 3.8) is 0 Å². The average Bonchev–Trinajstić information content (AvgIpc) is 2.47. The predicted octanol–water partition coefficient (Wildman–Crippen LogP) is 1.46. The third-order valence-electron chi connectivity index (χ3n) is 5.22. The Labute approximate surface area is 127 Å². The van der Waals surface area contributed by atoms with Crippen LogP contribution in [-0.4, -0.2) is 59.0 Å². The molecule has 2 aliphatic rings. The summed E-state index contributed by atoms with van der Waals surface area (Å²) >= 11 is 0. The molecule has 1 amide bonds. The fourth-order valence-electron chi connectivity index (χ4n) is 3.78. The van der Waals surface area contributed by atoms with Gasteiger partial charge in [0.05, 0.1) is 24.2 Å². The number of rotatable bonds is 4. The average molecular weight is 299 g/mol. The fourth-order valence-corrected chi connectivity index (χ4v) is 3.78. The van der Waals surface area contributed by atoms with Crippen molar-refractivity contribution in [1.82, 2.24) is 4.90 Å². The lowest BCUT2D eigenvalue weighted by molar-refractivity contribution is -0.146. The summed E-state index contributed by atoms with van der Waals surface area (Å²) in [6.07, 6.45) is 6.45. The molecule has 2 aliphatic carbocycles. The second-order valence-electron chi connectivity index (χ2n) is 6.73. The van der Waals surface area contributed by atoms with Crippen LogP contribution in [0.2, 0.25) is 0 Å². The van der Waals surface area contributed by atoms with Crippen LogP contribution in [0.4, 0.5) is 0 Å². The Morgan fingerprint density at radius 2 is 1.90 bits per heavy atom.